The number of unbranched alkanes of at least 4 members (excludes halogenated alkanes) is 39. The van der Waals surface area contributed by atoms with Gasteiger partial charge in [0.2, 0.25) is 0 Å². The van der Waals surface area contributed by atoms with Gasteiger partial charge in [0, 0.05) is 12.8 Å². The molecule has 0 fully saturated rings. The van der Waals surface area contributed by atoms with E-state index >= 15 is 0 Å². The maximum atomic E-state index is 12.7. The summed E-state index contributed by atoms with van der Waals surface area (Å²) in [5.74, 6) is -0.824. The van der Waals surface area contributed by atoms with E-state index in [1.165, 1.54) is 225 Å². The summed E-state index contributed by atoms with van der Waals surface area (Å²) in [6, 6.07) is 0. The summed E-state index contributed by atoms with van der Waals surface area (Å²) >= 11 is 0. The van der Waals surface area contributed by atoms with Crippen LogP contribution in [0.5, 0.6) is 0 Å². The Kier molecular flexibility index (Phi) is 47.3. The number of carbonyl (C=O) groups is 2. The number of hydrogen-bond donors (Lipinski definition) is 0. The van der Waals surface area contributed by atoms with Crippen LogP contribution in [0, 0.1) is 0 Å². The largest absolute Gasteiger partial charge is 0.756 e. The fourth-order valence-electron chi connectivity index (χ4n) is 8.48. The molecule has 0 saturated heterocycles. The first-order chi connectivity index (χ1) is 31.5. The minimum atomic E-state index is -4.61. The Balaban J connectivity index is 3.80. The Hall–Kier alpha value is -0.990. The quantitative estimate of drug-likeness (QED) is 0.0257. The van der Waals surface area contributed by atoms with E-state index in [1.54, 1.807) is 0 Å². The molecule has 0 aromatic heterocycles. The molecule has 0 saturated carbocycles. The van der Waals surface area contributed by atoms with Gasteiger partial charge in [0.05, 0.1) is 27.7 Å². The van der Waals surface area contributed by atoms with Crippen molar-refractivity contribution in [3.8, 4) is 0 Å². The fourth-order valence-corrected chi connectivity index (χ4v) is 9.21. The van der Waals surface area contributed by atoms with Gasteiger partial charge in [-0.05, 0) is 12.8 Å². The zero-order valence-corrected chi connectivity index (χ0v) is 44.9. The smallest absolute Gasteiger partial charge is 0.306 e. The van der Waals surface area contributed by atoms with Crippen LogP contribution in [0.4, 0.5) is 0 Å². The van der Waals surface area contributed by atoms with Crippen LogP contribution < -0.4 is 4.89 Å². The lowest BCUT2D eigenvalue weighted by atomic mass is 10.0. The van der Waals surface area contributed by atoms with Gasteiger partial charge >= 0.3 is 11.9 Å². The van der Waals surface area contributed by atoms with Gasteiger partial charge in [-0.25, -0.2) is 0 Å². The van der Waals surface area contributed by atoms with E-state index in [0.29, 0.717) is 17.4 Å². The summed E-state index contributed by atoms with van der Waals surface area (Å²) < 4.78 is 33.9. The highest BCUT2D eigenvalue weighted by molar-refractivity contribution is 7.45. The average molecular weight is 944 g/mol. The summed E-state index contributed by atoms with van der Waals surface area (Å²) in [6.07, 6.45) is 53.5. The molecule has 2 unspecified atom stereocenters. The molecule has 9 nitrogen and oxygen atoms in total. The number of carbonyl (C=O) groups excluding carboxylic acids is 2. The molecule has 0 amide bonds. The lowest BCUT2D eigenvalue weighted by Gasteiger charge is -2.28. The van der Waals surface area contributed by atoms with E-state index in [-0.39, 0.29) is 32.0 Å². The molecule has 0 heterocycles. The predicted molar refractivity (Wildman–Crippen MR) is 273 cm³/mol. The third kappa shape index (κ3) is 52.2. The van der Waals surface area contributed by atoms with E-state index in [0.717, 1.165) is 32.1 Å². The molecule has 0 bridgehead atoms. The van der Waals surface area contributed by atoms with Gasteiger partial charge in [0.25, 0.3) is 7.82 Å². The van der Waals surface area contributed by atoms with Crippen molar-refractivity contribution in [2.45, 2.75) is 296 Å². The molecule has 0 aromatic rings. The molecular formula is C55H110NO8P. The number of phosphoric ester groups is 1. The van der Waals surface area contributed by atoms with Gasteiger partial charge in [-0.15, -0.1) is 0 Å². The monoisotopic (exact) mass is 944 g/mol. The molecule has 0 aliphatic heterocycles. The maximum Gasteiger partial charge on any atom is 0.306 e. The Morgan fingerprint density at radius 3 is 0.985 bits per heavy atom. The number of esters is 2. The molecule has 0 radical (unpaired) electrons. The molecule has 10 heteroatoms. The van der Waals surface area contributed by atoms with Crippen molar-refractivity contribution < 1.29 is 42.1 Å². The predicted octanol–water partition coefficient (Wildman–Crippen LogP) is 16.5. The third-order valence-corrected chi connectivity index (χ3v) is 13.8. The zero-order valence-electron chi connectivity index (χ0n) is 44.0. The first-order valence-corrected chi connectivity index (χ1v) is 29.7. The molecule has 65 heavy (non-hydrogen) atoms. The number of nitrogens with zero attached hydrogens (tertiary/aromatic N) is 1. The number of quaternary nitrogens is 1. The second-order valence-corrected chi connectivity index (χ2v) is 22.1. The SMILES string of the molecule is CCCCCCCCCCCCCCCCCCCCCCCCCCCCCCCCCCCCC(=O)OC(COC(=O)CCCCCCCCC)COP(=O)([O-])OCC[N+](C)(C)C. The minimum absolute atomic E-state index is 0.0259. The third-order valence-electron chi connectivity index (χ3n) is 12.9. The van der Waals surface area contributed by atoms with Crippen LogP contribution in [0.25, 0.3) is 0 Å². The molecule has 0 aliphatic rings. The molecule has 2 atom stereocenters. The fraction of sp³-hybridized carbons (Fsp3) is 0.964. The first kappa shape index (κ1) is 64.0. The van der Waals surface area contributed by atoms with Crippen molar-refractivity contribution in [1.29, 1.82) is 0 Å². The van der Waals surface area contributed by atoms with Gasteiger partial charge in [-0.1, -0.05) is 264 Å². The van der Waals surface area contributed by atoms with Crippen LogP contribution in [0.1, 0.15) is 290 Å². The molecule has 0 N–H and O–H groups in total. The Morgan fingerprint density at radius 1 is 0.415 bits per heavy atom. The van der Waals surface area contributed by atoms with Crippen LogP contribution in [-0.4, -0.2) is 70.0 Å². The van der Waals surface area contributed by atoms with E-state index in [4.69, 9.17) is 18.5 Å². The highest BCUT2D eigenvalue weighted by Crippen LogP contribution is 2.38. The minimum Gasteiger partial charge on any atom is -0.756 e. The summed E-state index contributed by atoms with van der Waals surface area (Å²) in [7, 11) is 1.18. The number of rotatable bonds is 53. The molecule has 0 spiro atoms. The highest BCUT2D eigenvalue weighted by atomic mass is 31.2. The zero-order chi connectivity index (χ0) is 47.8. The van der Waals surface area contributed by atoms with Crippen LogP contribution in [0.2, 0.25) is 0 Å². The Morgan fingerprint density at radius 2 is 0.692 bits per heavy atom. The van der Waals surface area contributed by atoms with Crippen molar-refractivity contribution in [3.05, 3.63) is 0 Å². The summed E-state index contributed by atoms with van der Waals surface area (Å²) in [6.45, 7) is 4.23. The van der Waals surface area contributed by atoms with Gasteiger partial charge in [0.15, 0.2) is 6.10 Å². The van der Waals surface area contributed by atoms with Crippen LogP contribution in [0.3, 0.4) is 0 Å². The Bertz CT molecular complexity index is 1070. The number of hydrogen-bond acceptors (Lipinski definition) is 8. The molecule has 388 valence electrons. The molecular weight excluding hydrogens is 834 g/mol. The van der Waals surface area contributed by atoms with Crippen molar-refractivity contribution in [2.24, 2.45) is 0 Å². The maximum absolute atomic E-state index is 12.7. The lowest BCUT2D eigenvalue weighted by molar-refractivity contribution is -0.870. The van der Waals surface area contributed by atoms with Crippen molar-refractivity contribution in [2.75, 3.05) is 47.5 Å². The van der Waals surface area contributed by atoms with Crippen LogP contribution >= 0.6 is 7.82 Å². The normalized spacial score (nSPS) is 13.3. The van der Waals surface area contributed by atoms with Crippen molar-refractivity contribution in [3.63, 3.8) is 0 Å². The standard InChI is InChI=1S/C55H110NO8P/c1-6-8-10-12-14-15-16-17-18-19-20-21-22-23-24-25-26-27-28-29-30-31-32-33-34-35-36-37-38-39-40-42-44-46-48-55(58)64-53(52-63-65(59,60)62-50-49-56(3,4)5)51-61-54(57)47-45-43-41-13-11-9-7-2/h53H,6-52H2,1-5H3. The van der Waals surface area contributed by atoms with E-state index < -0.39 is 26.5 Å². The van der Waals surface area contributed by atoms with Crippen molar-refractivity contribution in [1.82, 2.24) is 0 Å². The van der Waals surface area contributed by atoms with Crippen LogP contribution in [-0.2, 0) is 32.7 Å². The second kappa shape index (κ2) is 48.1. The molecule has 0 rings (SSSR count). The summed E-state index contributed by atoms with van der Waals surface area (Å²) in [4.78, 5) is 37.5. The van der Waals surface area contributed by atoms with Crippen molar-refractivity contribution >= 4 is 19.8 Å². The second-order valence-electron chi connectivity index (χ2n) is 20.7. The molecule has 0 aromatic carbocycles. The van der Waals surface area contributed by atoms with Crippen LogP contribution in [0.15, 0.2) is 0 Å². The van der Waals surface area contributed by atoms with Gasteiger partial charge < -0.3 is 27.9 Å². The number of phosphoric acid groups is 1. The summed E-state index contributed by atoms with van der Waals surface area (Å²) in [5.41, 5.74) is 0. The lowest BCUT2D eigenvalue weighted by Crippen LogP contribution is -2.37. The number of likely N-dealkylation sites (N-methyl/N-ethyl adjacent to an activating group) is 1. The molecule has 0 aliphatic carbocycles. The van der Waals surface area contributed by atoms with E-state index in [1.807, 2.05) is 21.1 Å². The summed E-state index contributed by atoms with van der Waals surface area (Å²) in [5, 5.41) is 0. The van der Waals surface area contributed by atoms with E-state index in [9.17, 15) is 19.0 Å². The highest BCUT2D eigenvalue weighted by Gasteiger charge is 2.22. The van der Waals surface area contributed by atoms with Gasteiger partial charge in [0.1, 0.15) is 19.8 Å². The average Bonchev–Trinajstić information content (AvgIpc) is 3.26. The topological polar surface area (TPSA) is 111 Å². The van der Waals surface area contributed by atoms with Gasteiger partial charge in [-0.3, -0.25) is 14.2 Å². The van der Waals surface area contributed by atoms with E-state index in [2.05, 4.69) is 13.8 Å². The van der Waals surface area contributed by atoms with Gasteiger partial charge in [-0.2, -0.15) is 0 Å². The first-order valence-electron chi connectivity index (χ1n) is 28.2. The Labute approximate surface area is 404 Å². The number of ether oxygens (including phenoxy) is 2.